The SMILES string of the molecule is CCOC(=O)c1ccnc(N[C@@H](CC(C)C)C(=O)O)c1[N+](=O)[O-]. The van der Waals surface area contributed by atoms with Crippen LogP contribution in [0.25, 0.3) is 0 Å². The number of nitro groups is 1. The molecule has 1 rings (SSSR count). The first-order chi connectivity index (χ1) is 10.8. The number of anilines is 1. The number of hydrogen-bond donors (Lipinski definition) is 2. The van der Waals surface area contributed by atoms with Crippen molar-refractivity contribution < 1.29 is 24.4 Å². The molecule has 1 heterocycles. The number of ether oxygens (including phenoxy) is 1. The molecule has 0 bridgehead atoms. The van der Waals surface area contributed by atoms with Gasteiger partial charge in [-0.2, -0.15) is 0 Å². The summed E-state index contributed by atoms with van der Waals surface area (Å²) >= 11 is 0. The second kappa shape index (κ2) is 8.06. The Morgan fingerprint density at radius 3 is 2.61 bits per heavy atom. The van der Waals surface area contributed by atoms with Gasteiger partial charge in [-0.05, 0) is 25.3 Å². The van der Waals surface area contributed by atoms with Gasteiger partial charge in [-0.3, -0.25) is 10.1 Å². The van der Waals surface area contributed by atoms with Crippen molar-refractivity contribution >= 4 is 23.4 Å². The number of carboxylic acids is 1. The molecule has 9 heteroatoms. The highest BCUT2D eigenvalue weighted by molar-refractivity contribution is 5.96. The number of nitrogens with zero attached hydrogens (tertiary/aromatic N) is 2. The van der Waals surface area contributed by atoms with E-state index in [1.165, 1.54) is 12.3 Å². The quantitative estimate of drug-likeness (QED) is 0.422. The third kappa shape index (κ3) is 4.90. The average Bonchev–Trinajstić information content (AvgIpc) is 2.45. The summed E-state index contributed by atoms with van der Waals surface area (Å²) in [5.41, 5.74) is -0.871. The fourth-order valence-corrected chi connectivity index (χ4v) is 1.98. The number of rotatable bonds is 8. The maximum atomic E-state index is 11.8. The largest absolute Gasteiger partial charge is 0.480 e. The van der Waals surface area contributed by atoms with E-state index in [2.05, 4.69) is 10.3 Å². The maximum Gasteiger partial charge on any atom is 0.345 e. The van der Waals surface area contributed by atoms with Crippen LogP contribution in [0.2, 0.25) is 0 Å². The topological polar surface area (TPSA) is 132 Å². The summed E-state index contributed by atoms with van der Waals surface area (Å²) in [6.45, 7) is 5.29. The molecule has 9 nitrogen and oxygen atoms in total. The van der Waals surface area contributed by atoms with Crippen molar-refractivity contribution in [3.8, 4) is 0 Å². The first-order valence-electron chi connectivity index (χ1n) is 7.07. The number of nitrogens with one attached hydrogen (secondary N) is 1. The minimum Gasteiger partial charge on any atom is -0.480 e. The van der Waals surface area contributed by atoms with Gasteiger partial charge in [-0.15, -0.1) is 0 Å². The van der Waals surface area contributed by atoms with Gasteiger partial charge in [-0.25, -0.2) is 14.6 Å². The molecular formula is C14H19N3O6. The third-order valence-electron chi connectivity index (χ3n) is 2.92. The number of aliphatic carboxylic acids is 1. The van der Waals surface area contributed by atoms with E-state index in [1.54, 1.807) is 6.92 Å². The van der Waals surface area contributed by atoms with Crippen LogP contribution in [0.15, 0.2) is 12.3 Å². The van der Waals surface area contributed by atoms with Gasteiger partial charge in [0.25, 0.3) is 0 Å². The first kappa shape index (κ1) is 18.3. The molecule has 0 aliphatic carbocycles. The van der Waals surface area contributed by atoms with Crippen LogP contribution in [0.3, 0.4) is 0 Å². The van der Waals surface area contributed by atoms with Crippen molar-refractivity contribution in [1.29, 1.82) is 0 Å². The molecule has 0 radical (unpaired) electrons. The maximum absolute atomic E-state index is 11.8. The minimum absolute atomic E-state index is 0.0518. The van der Waals surface area contributed by atoms with Gasteiger partial charge in [0.15, 0.2) is 0 Å². The van der Waals surface area contributed by atoms with Crippen LogP contribution in [0.4, 0.5) is 11.5 Å². The summed E-state index contributed by atoms with van der Waals surface area (Å²) in [6, 6.07) is 0.109. The first-order valence-corrected chi connectivity index (χ1v) is 7.07. The van der Waals surface area contributed by atoms with Crippen LogP contribution in [-0.4, -0.2) is 39.6 Å². The molecule has 0 amide bonds. The van der Waals surface area contributed by atoms with E-state index in [1.807, 2.05) is 13.8 Å². The normalized spacial score (nSPS) is 11.8. The summed E-state index contributed by atoms with van der Waals surface area (Å²) in [5, 5.41) is 23.1. The number of esters is 1. The van der Waals surface area contributed by atoms with Crippen LogP contribution < -0.4 is 5.32 Å². The summed E-state index contributed by atoms with van der Waals surface area (Å²) in [4.78, 5) is 37.4. The molecule has 0 saturated carbocycles. The van der Waals surface area contributed by atoms with Crippen LogP contribution in [-0.2, 0) is 9.53 Å². The third-order valence-corrected chi connectivity index (χ3v) is 2.92. The van der Waals surface area contributed by atoms with E-state index in [9.17, 15) is 24.8 Å². The van der Waals surface area contributed by atoms with E-state index in [-0.39, 0.29) is 30.3 Å². The lowest BCUT2D eigenvalue weighted by atomic mass is 10.0. The lowest BCUT2D eigenvalue weighted by molar-refractivity contribution is -0.384. The van der Waals surface area contributed by atoms with Gasteiger partial charge in [0.05, 0.1) is 11.5 Å². The Balaban J connectivity index is 3.24. The minimum atomic E-state index is -1.16. The molecule has 0 unspecified atom stereocenters. The molecular weight excluding hydrogens is 306 g/mol. The molecule has 0 aliphatic rings. The highest BCUT2D eigenvalue weighted by atomic mass is 16.6. The van der Waals surface area contributed by atoms with Gasteiger partial charge >= 0.3 is 17.6 Å². The standard InChI is InChI=1S/C14H19N3O6/c1-4-23-14(20)9-5-6-15-12(11(9)17(21)22)16-10(13(18)19)7-8(2)3/h5-6,8,10H,4,7H2,1-3H3,(H,15,16)(H,18,19)/t10-/m0/s1. The summed E-state index contributed by atoms with van der Waals surface area (Å²) in [6.07, 6.45) is 1.44. The molecule has 1 aromatic heterocycles. The van der Waals surface area contributed by atoms with Gasteiger partial charge in [-0.1, -0.05) is 13.8 Å². The number of carbonyl (C=O) groups excluding carboxylic acids is 1. The van der Waals surface area contributed by atoms with Crippen molar-refractivity contribution in [2.45, 2.75) is 33.2 Å². The molecule has 23 heavy (non-hydrogen) atoms. The van der Waals surface area contributed by atoms with Crippen LogP contribution in [0.5, 0.6) is 0 Å². The number of hydrogen-bond acceptors (Lipinski definition) is 7. The van der Waals surface area contributed by atoms with Gasteiger partial charge < -0.3 is 15.2 Å². The van der Waals surface area contributed by atoms with Crippen LogP contribution >= 0.6 is 0 Å². The predicted octanol–water partition coefficient (Wildman–Crippen LogP) is 2.08. The zero-order valence-electron chi connectivity index (χ0n) is 13.1. The van der Waals surface area contributed by atoms with Crippen molar-refractivity contribution in [3.05, 3.63) is 27.9 Å². The van der Waals surface area contributed by atoms with Crippen LogP contribution in [0.1, 0.15) is 37.6 Å². The second-order valence-electron chi connectivity index (χ2n) is 5.20. The van der Waals surface area contributed by atoms with E-state index in [4.69, 9.17) is 4.74 Å². The molecule has 2 N–H and O–H groups in total. The number of aromatic nitrogens is 1. The number of pyridine rings is 1. The molecule has 0 spiro atoms. The lowest BCUT2D eigenvalue weighted by Crippen LogP contribution is -2.31. The van der Waals surface area contributed by atoms with E-state index in [0.29, 0.717) is 0 Å². The Morgan fingerprint density at radius 2 is 2.13 bits per heavy atom. The van der Waals surface area contributed by atoms with Crippen LogP contribution in [0, 0.1) is 16.0 Å². The Kier molecular flexibility index (Phi) is 6.43. The zero-order valence-corrected chi connectivity index (χ0v) is 13.1. The molecule has 0 saturated heterocycles. The second-order valence-corrected chi connectivity index (χ2v) is 5.20. The van der Waals surface area contributed by atoms with Gasteiger partial charge in [0.2, 0.25) is 5.82 Å². The Hall–Kier alpha value is -2.71. The molecule has 1 aromatic rings. The molecule has 1 atom stereocenters. The predicted molar refractivity (Wildman–Crippen MR) is 81.3 cm³/mol. The summed E-state index contributed by atoms with van der Waals surface area (Å²) in [5.74, 6) is -2.23. The number of carboxylic acid groups (broad SMARTS) is 1. The fourth-order valence-electron chi connectivity index (χ4n) is 1.98. The van der Waals surface area contributed by atoms with Crippen molar-refractivity contribution in [2.75, 3.05) is 11.9 Å². The monoisotopic (exact) mass is 325 g/mol. The average molecular weight is 325 g/mol. The van der Waals surface area contributed by atoms with Crippen molar-refractivity contribution in [3.63, 3.8) is 0 Å². The summed E-state index contributed by atoms with van der Waals surface area (Å²) in [7, 11) is 0. The van der Waals surface area contributed by atoms with E-state index in [0.717, 1.165) is 0 Å². The fraction of sp³-hybridized carbons (Fsp3) is 0.500. The van der Waals surface area contributed by atoms with E-state index >= 15 is 0 Å². The summed E-state index contributed by atoms with van der Waals surface area (Å²) < 4.78 is 4.78. The molecule has 126 valence electrons. The highest BCUT2D eigenvalue weighted by Gasteiger charge is 2.29. The zero-order chi connectivity index (χ0) is 17.6. The van der Waals surface area contributed by atoms with E-state index < -0.39 is 28.6 Å². The lowest BCUT2D eigenvalue weighted by Gasteiger charge is -2.17. The Bertz CT molecular complexity index is 602. The Morgan fingerprint density at radius 1 is 1.48 bits per heavy atom. The van der Waals surface area contributed by atoms with Crippen molar-refractivity contribution in [1.82, 2.24) is 4.98 Å². The smallest absolute Gasteiger partial charge is 0.345 e. The molecule has 0 aliphatic heterocycles. The van der Waals surface area contributed by atoms with Crippen molar-refractivity contribution in [2.24, 2.45) is 5.92 Å². The van der Waals surface area contributed by atoms with Gasteiger partial charge in [0.1, 0.15) is 11.6 Å². The number of carbonyl (C=O) groups is 2. The van der Waals surface area contributed by atoms with Gasteiger partial charge in [0, 0.05) is 6.20 Å². The highest BCUT2D eigenvalue weighted by Crippen LogP contribution is 2.28. The molecule has 0 fully saturated rings. The molecule has 0 aromatic carbocycles. The Labute approximate surface area is 132 Å².